The van der Waals surface area contributed by atoms with Gasteiger partial charge in [0.2, 0.25) is 0 Å². The third-order valence-corrected chi connectivity index (χ3v) is 3.58. The van der Waals surface area contributed by atoms with Crippen LogP contribution in [0.5, 0.6) is 0 Å². The minimum atomic E-state index is 0.467. The molecule has 0 amide bonds. The number of benzene rings is 1. The molecule has 1 aliphatic rings. The molecule has 0 spiro atoms. The number of hydrogen-bond acceptors (Lipinski definition) is 2. The van der Waals surface area contributed by atoms with Crippen molar-refractivity contribution in [2.75, 3.05) is 5.32 Å². The molecular formula is C14H20N2S. The van der Waals surface area contributed by atoms with E-state index in [2.05, 4.69) is 18.3 Å². The van der Waals surface area contributed by atoms with Gasteiger partial charge in [-0.2, -0.15) is 0 Å². The summed E-state index contributed by atoms with van der Waals surface area (Å²) in [4.78, 5) is 0.467. The number of para-hydroxylation sites is 1. The number of nitrogens with one attached hydrogen (secondary N) is 1. The summed E-state index contributed by atoms with van der Waals surface area (Å²) in [6.45, 7) is 2.23. The van der Waals surface area contributed by atoms with Gasteiger partial charge in [-0.15, -0.1) is 0 Å². The third kappa shape index (κ3) is 3.43. The molecule has 0 saturated heterocycles. The van der Waals surface area contributed by atoms with E-state index in [-0.39, 0.29) is 0 Å². The minimum Gasteiger partial charge on any atom is -0.389 e. The fourth-order valence-corrected chi connectivity index (χ4v) is 2.31. The standard InChI is InChI=1S/C14H20N2S/c1-2-11(9-10-7-8-10)16-13-6-4-3-5-12(13)14(15)17/h3-6,10-11,16H,2,7-9H2,1H3,(H2,15,17). The summed E-state index contributed by atoms with van der Waals surface area (Å²) >= 11 is 5.08. The molecule has 2 rings (SSSR count). The molecule has 0 radical (unpaired) electrons. The predicted octanol–water partition coefficient (Wildman–Crippen LogP) is 3.31. The molecule has 0 aromatic heterocycles. The number of thiocarbonyl (C=S) groups is 1. The fraction of sp³-hybridized carbons (Fsp3) is 0.500. The summed E-state index contributed by atoms with van der Waals surface area (Å²) in [7, 11) is 0. The van der Waals surface area contributed by atoms with Crippen LogP contribution in [0.1, 0.15) is 38.2 Å². The molecule has 0 bridgehead atoms. The zero-order valence-corrected chi connectivity index (χ0v) is 11.1. The highest BCUT2D eigenvalue weighted by atomic mass is 32.1. The van der Waals surface area contributed by atoms with Crippen LogP contribution in [0.15, 0.2) is 24.3 Å². The van der Waals surface area contributed by atoms with E-state index in [1.807, 2.05) is 18.2 Å². The second-order valence-electron chi connectivity index (χ2n) is 4.84. The summed E-state index contributed by atoms with van der Waals surface area (Å²) < 4.78 is 0. The van der Waals surface area contributed by atoms with E-state index in [1.165, 1.54) is 19.3 Å². The highest BCUT2D eigenvalue weighted by Gasteiger charge is 2.24. The number of hydrogen-bond donors (Lipinski definition) is 2. The second kappa shape index (κ2) is 5.50. The molecule has 17 heavy (non-hydrogen) atoms. The molecule has 1 aromatic carbocycles. The van der Waals surface area contributed by atoms with Crippen molar-refractivity contribution in [2.45, 2.75) is 38.6 Å². The Labute approximate surface area is 109 Å². The van der Waals surface area contributed by atoms with Crippen molar-refractivity contribution in [2.24, 2.45) is 11.7 Å². The van der Waals surface area contributed by atoms with E-state index in [1.54, 1.807) is 0 Å². The van der Waals surface area contributed by atoms with Gasteiger partial charge in [-0.05, 0) is 30.9 Å². The van der Waals surface area contributed by atoms with Crippen LogP contribution in [0.4, 0.5) is 5.69 Å². The number of anilines is 1. The molecule has 1 atom stereocenters. The van der Waals surface area contributed by atoms with E-state index in [4.69, 9.17) is 18.0 Å². The first-order valence-electron chi connectivity index (χ1n) is 6.36. The Morgan fingerprint density at radius 3 is 2.76 bits per heavy atom. The minimum absolute atomic E-state index is 0.467. The first-order chi connectivity index (χ1) is 8.20. The van der Waals surface area contributed by atoms with Gasteiger partial charge in [0.05, 0.1) is 0 Å². The van der Waals surface area contributed by atoms with Crippen LogP contribution in [0.3, 0.4) is 0 Å². The fourth-order valence-electron chi connectivity index (χ4n) is 2.13. The lowest BCUT2D eigenvalue weighted by Crippen LogP contribution is -2.22. The normalized spacial score (nSPS) is 16.5. The van der Waals surface area contributed by atoms with E-state index >= 15 is 0 Å². The summed E-state index contributed by atoms with van der Waals surface area (Å²) in [6.07, 6.45) is 5.20. The molecule has 1 unspecified atom stereocenters. The van der Waals surface area contributed by atoms with Crippen molar-refractivity contribution < 1.29 is 0 Å². The quantitative estimate of drug-likeness (QED) is 0.759. The van der Waals surface area contributed by atoms with Crippen molar-refractivity contribution in [3.05, 3.63) is 29.8 Å². The molecule has 1 fully saturated rings. The van der Waals surface area contributed by atoms with Crippen LogP contribution >= 0.6 is 12.2 Å². The second-order valence-corrected chi connectivity index (χ2v) is 5.28. The van der Waals surface area contributed by atoms with Crippen LogP contribution < -0.4 is 11.1 Å². The van der Waals surface area contributed by atoms with Gasteiger partial charge in [0.1, 0.15) is 4.99 Å². The van der Waals surface area contributed by atoms with Crippen molar-refractivity contribution in [3.63, 3.8) is 0 Å². The van der Waals surface area contributed by atoms with E-state index < -0.39 is 0 Å². The van der Waals surface area contributed by atoms with Gasteiger partial charge in [-0.1, -0.05) is 44.1 Å². The van der Waals surface area contributed by atoms with E-state index in [0.717, 1.165) is 23.6 Å². The maximum Gasteiger partial charge on any atom is 0.106 e. The smallest absolute Gasteiger partial charge is 0.106 e. The molecular weight excluding hydrogens is 228 g/mol. The molecule has 92 valence electrons. The van der Waals surface area contributed by atoms with Crippen LogP contribution in [0.25, 0.3) is 0 Å². The van der Waals surface area contributed by atoms with E-state index in [0.29, 0.717) is 11.0 Å². The lowest BCUT2D eigenvalue weighted by molar-refractivity contribution is 0.587. The highest BCUT2D eigenvalue weighted by Crippen LogP contribution is 2.35. The molecule has 1 saturated carbocycles. The Bertz CT molecular complexity index is 399. The first-order valence-corrected chi connectivity index (χ1v) is 6.77. The Balaban J connectivity index is 2.07. The van der Waals surface area contributed by atoms with Crippen LogP contribution in [-0.2, 0) is 0 Å². The maximum atomic E-state index is 5.74. The number of rotatable bonds is 6. The van der Waals surface area contributed by atoms with Crippen LogP contribution in [0, 0.1) is 5.92 Å². The molecule has 3 heteroatoms. The summed E-state index contributed by atoms with van der Waals surface area (Å²) in [5.74, 6) is 0.935. The Kier molecular flexibility index (Phi) is 4.00. The third-order valence-electron chi connectivity index (χ3n) is 3.36. The summed E-state index contributed by atoms with van der Waals surface area (Å²) in [6, 6.07) is 8.58. The first kappa shape index (κ1) is 12.4. The van der Waals surface area contributed by atoms with Gasteiger partial charge in [0.15, 0.2) is 0 Å². The predicted molar refractivity (Wildman–Crippen MR) is 77.4 cm³/mol. The Morgan fingerprint density at radius 1 is 1.47 bits per heavy atom. The van der Waals surface area contributed by atoms with Crippen LogP contribution in [0.2, 0.25) is 0 Å². The monoisotopic (exact) mass is 248 g/mol. The van der Waals surface area contributed by atoms with E-state index in [9.17, 15) is 0 Å². The van der Waals surface area contributed by atoms with Gasteiger partial charge in [0, 0.05) is 17.3 Å². The lowest BCUT2D eigenvalue weighted by atomic mass is 10.1. The molecule has 3 N–H and O–H groups in total. The largest absolute Gasteiger partial charge is 0.389 e. The van der Waals surface area contributed by atoms with Crippen molar-refractivity contribution >= 4 is 22.9 Å². The molecule has 1 aliphatic carbocycles. The molecule has 1 aromatic rings. The zero-order valence-electron chi connectivity index (χ0n) is 10.3. The molecule has 0 aliphatic heterocycles. The average Bonchev–Trinajstić information content (AvgIpc) is 3.12. The molecule has 2 nitrogen and oxygen atoms in total. The van der Waals surface area contributed by atoms with Crippen molar-refractivity contribution in [3.8, 4) is 0 Å². The topological polar surface area (TPSA) is 38.0 Å². The van der Waals surface area contributed by atoms with Crippen molar-refractivity contribution in [1.82, 2.24) is 0 Å². The summed E-state index contributed by atoms with van der Waals surface area (Å²) in [5, 5.41) is 3.58. The zero-order chi connectivity index (χ0) is 12.3. The SMILES string of the molecule is CCC(CC1CC1)Nc1ccccc1C(N)=S. The lowest BCUT2D eigenvalue weighted by Gasteiger charge is -2.20. The van der Waals surface area contributed by atoms with Gasteiger partial charge in [-0.3, -0.25) is 0 Å². The van der Waals surface area contributed by atoms with Gasteiger partial charge in [-0.25, -0.2) is 0 Å². The van der Waals surface area contributed by atoms with Gasteiger partial charge >= 0.3 is 0 Å². The maximum absolute atomic E-state index is 5.74. The highest BCUT2D eigenvalue weighted by molar-refractivity contribution is 7.80. The Morgan fingerprint density at radius 2 is 2.18 bits per heavy atom. The average molecular weight is 248 g/mol. The van der Waals surface area contributed by atoms with Crippen molar-refractivity contribution in [1.29, 1.82) is 0 Å². The molecule has 0 heterocycles. The summed E-state index contributed by atoms with van der Waals surface area (Å²) in [5.41, 5.74) is 7.77. The van der Waals surface area contributed by atoms with Gasteiger partial charge in [0.25, 0.3) is 0 Å². The van der Waals surface area contributed by atoms with Crippen LogP contribution in [-0.4, -0.2) is 11.0 Å². The number of nitrogens with two attached hydrogens (primary N) is 1. The Hall–Kier alpha value is -1.09. The van der Waals surface area contributed by atoms with Gasteiger partial charge < -0.3 is 11.1 Å².